The van der Waals surface area contributed by atoms with Crippen molar-refractivity contribution in [3.8, 4) is 0 Å². The van der Waals surface area contributed by atoms with Crippen LogP contribution in [0.4, 0.5) is 5.82 Å². The van der Waals surface area contributed by atoms with Crippen molar-refractivity contribution in [1.82, 2.24) is 25.3 Å². The molecule has 0 unspecified atom stereocenters. The molecule has 0 N–H and O–H groups in total. The number of rotatable bonds is 3. The van der Waals surface area contributed by atoms with Crippen LogP contribution < -0.4 is 4.90 Å². The fraction of sp³-hybridized carbons (Fsp3) is 0.667. The Morgan fingerprint density at radius 2 is 2.32 bits per heavy atom. The minimum absolute atomic E-state index is 0.693. The second-order valence-corrected chi connectivity index (χ2v) is 6.31. The van der Waals surface area contributed by atoms with E-state index in [1.165, 1.54) is 29.6 Å². The third kappa shape index (κ3) is 2.80. The van der Waals surface area contributed by atoms with Crippen molar-refractivity contribution in [2.45, 2.75) is 31.4 Å². The number of tetrazole rings is 1. The minimum Gasteiger partial charge on any atom is -0.354 e. The van der Waals surface area contributed by atoms with Gasteiger partial charge in [0, 0.05) is 18.3 Å². The summed E-state index contributed by atoms with van der Waals surface area (Å²) in [6.07, 6.45) is 3.85. The molecule has 0 radical (unpaired) electrons. The molecule has 0 bridgehead atoms. The molecular formula is C12H18N6S. The monoisotopic (exact) mass is 278 g/mol. The van der Waals surface area contributed by atoms with Crippen LogP contribution in [-0.2, 0) is 0 Å². The minimum atomic E-state index is 0.693. The molecule has 2 aromatic rings. The van der Waals surface area contributed by atoms with Gasteiger partial charge < -0.3 is 4.90 Å². The molecule has 6 nitrogen and oxygen atoms in total. The number of hydrogen-bond acceptors (Lipinski definition) is 6. The molecule has 1 aliphatic heterocycles. The maximum absolute atomic E-state index is 4.49. The highest BCUT2D eigenvalue weighted by molar-refractivity contribution is 7.99. The Balaban J connectivity index is 1.82. The first-order chi connectivity index (χ1) is 9.36. The van der Waals surface area contributed by atoms with Crippen molar-refractivity contribution in [1.29, 1.82) is 0 Å². The van der Waals surface area contributed by atoms with Crippen LogP contribution in [0.25, 0.3) is 5.65 Å². The molecule has 102 valence electrons. The smallest absolute Gasteiger partial charge is 0.200 e. The topological polar surface area (TPSA) is 59.2 Å². The lowest BCUT2D eigenvalue weighted by Crippen LogP contribution is -2.30. The first kappa shape index (κ1) is 12.7. The van der Waals surface area contributed by atoms with Crippen LogP contribution in [0.15, 0.2) is 12.1 Å². The summed E-state index contributed by atoms with van der Waals surface area (Å²) >= 11 is 2.05. The van der Waals surface area contributed by atoms with Crippen molar-refractivity contribution < 1.29 is 0 Å². The Morgan fingerprint density at radius 3 is 3.21 bits per heavy atom. The number of aromatic nitrogens is 5. The number of anilines is 1. The molecule has 19 heavy (non-hydrogen) atoms. The maximum Gasteiger partial charge on any atom is 0.200 e. The van der Waals surface area contributed by atoms with E-state index in [0.29, 0.717) is 10.9 Å². The molecular weight excluding hydrogens is 260 g/mol. The van der Waals surface area contributed by atoms with Gasteiger partial charge in [-0.3, -0.25) is 0 Å². The van der Waals surface area contributed by atoms with Crippen LogP contribution in [0.5, 0.6) is 0 Å². The number of hydrogen-bond donors (Lipinski definition) is 0. The summed E-state index contributed by atoms with van der Waals surface area (Å²) in [5.41, 5.74) is 0.693. The van der Waals surface area contributed by atoms with Gasteiger partial charge in [-0.1, -0.05) is 13.3 Å². The van der Waals surface area contributed by atoms with Gasteiger partial charge in [-0.05, 0) is 41.2 Å². The Kier molecular flexibility index (Phi) is 3.82. The molecule has 1 atom stereocenters. The van der Waals surface area contributed by atoms with Crippen molar-refractivity contribution in [2.75, 3.05) is 23.7 Å². The van der Waals surface area contributed by atoms with Gasteiger partial charge in [0.05, 0.1) is 0 Å². The second kappa shape index (κ2) is 5.73. The molecule has 2 aromatic heterocycles. The van der Waals surface area contributed by atoms with Crippen molar-refractivity contribution in [3.63, 3.8) is 0 Å². The van der Waals surface area contributed by atoms with E-state index in [9.17, 15) is 0 Å². The van der Waals surface area contributed by atoms with E-state index in [4.69, 9.17) is 0 Å². The van der Waals surface area contributed by atoms with Gasteiger partial charge in [0.1, 0.15) is 0 Å². The lowest BCUT2D eigenvalue weighted by molar-refractivity contribution is 0.704. The molecule has 3 heterocycles. The Morgan fingerprint density at radius 1 is 1.37 bits per heavy atom. The molecule has 7 heteroatoms. The van der Waals surface area contributed by atoms with Crippen LogP contribution in [0.2, 0.25) is 0 Å². The quantitative estimate of drug-likeness (QED) is 0.850. The Labute approximate surface area is 116 Å². The summed E-state index contributed by atoms with van der Waals surface area (Å²) in [6.45, 7) is 4.37. The Bertz CT molecular complexity index is 542. The van der Waals surface area contributed by atoms with E-state index in [1.807, 2.05) is 12.1 Å². The maximum atomic E-state index is 4.49. The molecule has 3 rings (SSSR count). The molecule has 1 saturated heterocycles. The zero-order valence-corrected chi connectivity index (χ0v) is 11.9. The summed E-state index contributed by atoms with van der Waals surface area (Å²) in [4.78, 5) is 2.36. The zero-order valence-electron chi connectivity index (χ0n) is 11.1. The molecule has 0 saturated carbocycles. The summed E-state index contributed by atoms with van der Waals surface area (Å²) in [5.74, 6) is 2.15. The summed E-state index contributed by atoms with van der Waals surface area (Å²) in [7, 11) is 0. The van der Waals surface area contributed by atoms with Gasteiger partial charge >= 0.3 is 0 Å². The zero-order chi connectivity index (χ0) is 13.1. The van der Waals surface area contributed by atoms with E-state index in [-0.39, 0.29) is 0 Å². The van der Waals surface area contributed by atoms with E-state index in [1.54, 1.807) is 0 Å². The average molecular weight is 278 g/mol. The van der Waals surface area contributed by atoms with E-state index >= 15 is 0 Å². The first-order valence-electron chi connectivity index (χ1n) is 6.79. The first-order valence-corrected chi connectivity index (χ1v) is 7.83. The summed E-state index contributed by atoms with van der Waals surface area (Å²) < 4.78 is 1.50. The van der Waals surface area contributed by atoms with E-state index < -0.39 is 0 Å². The van der Waals surface area contributed by atoms with Crippen LogP contribution in [0, 0.1) is 0 Å². The molecule has 0 aliphatic carbocycles. The van der Waals surface area contributed by atoms with E-state index in [2.05, 4.69) is 44.2 Å². The molecule has 1 fully saturated rings. The largest absolute Gasteiger partial charge is 0.354 e. The predicted molar refractivity (Wildman–Crippen MR) is 76.6 cm³/mol. The van der Waals surface area contributed by atoms with Gasteiger partial charge in [-0.25, -0.2) is 0 Å². The fourth-order valence-electron chi connectivity index (χ4n) is 2.49. The van der Waals surface area contributed by atoms with Gasteiger partial charge in [-0.15, -0.1) is 14.8 Å². The van der Waals surface area contributed by atoms with Gasteiger partial charge in [0.15, 0.2) is 11.5 Å². The number of fused-ring (bicyclic) bond motifs is 1. The lowest BCUT2D eigenvalue weighted by Gasteiger charge is -2.24. The van der Waals surface area contributed by atoms with Crippen LogP contribution in [-0.4, -0.2) is 49.3 Å². The molecule has 0 amide bonds. The fourth-order valence-corrected chi connectivity index (χ4v) is 3.58. The highest BCUT2D eigenvalue weighted by atomic mass is 32.2. The Hall–Kier alpha value is -1.37. The van der Waals surface area contributed by atoms with Crippen molar-refractivity contribution in [2.24, 2.45) is 0 Å². The molecule has 0 aromatic carbocycles. The van der Waals surface area contributed by atoms with Crippen LogP contribution in [0.1, 0.15) is 26.2 Å². The van der Waals surface area contributed by atoms with Gasteiger partial charge in [0.25, 0.3) is 0 Å². The molecule has 1 aliphatic rings. The lowest BCUT2D eigenvalue weighted by atomic mass is 10.2. The highest BCUT2D eigenvalue weighted by Gasteiger charge is 2.19. The molecule has 0 spiro atoms. The average Bonchev–Trinajstić information content (AvgIpc) is 2.77. The third-order valence-corrected chi connectivity index (χ3v) is 4.60. The number of nitrogens with zero attached hydrogens (tertiary/aromatic N) is 6. The summed E-state index contributed by atoms with van der Waals surface area (Å²) in [6, 6.07) is 3.94. The van der Waals surface area contributed by atoms with Crippen LogP contribution >= 0.6 is 11.8 Å². The standard InChI is InChI=1S/C12H18N6S/c1-2-19-10-5-3-4-8-17(9-10)12-7-6-11-13-15-16-18(11)14-12/h6-7,10H,2-5,8-9H2,1H3/t10-/m1/s1. The predicted octanol–water partition coefficient (Wildman–Crippen LogP) is 1.63. The van der Waals surface area contributed by atoms with Gasteiger partial charge in [0.2, 0.25) is 0 Å². The highest BCUT2D eigenvalue weighted by Crippen LogP contribution is 2.24. The van der Waals surface area contributed by atoms with Gasteiger partial charge in [-0.2, -0.15) is 11.8 Å². The summed E-state index contributed by atoms with van der Waals surface area (Å²) in [5, 5.41) is 16.6. The SMILES string of the molecule is CCS[C@@H]1CCCCN(c2ccc3nnnn3n2)C1. The van der Waals surface area contributed by atoms with Crippen molar-refractivity contribution in [3.05, 3.63) is 12.1 Å². The second-order valence-electron chi connectivity index (χ2n) is 4.74. The normalized spacial score (nSPS) is 20.7. The van der Waals surface area contributed by atoms with Crippen molar-refractivity contribution >= 4 is 23.2 Å². The number of thioether (sulfide) groups is 1. The van der Waals surface area contributed by atoms with E-state index in [0.717, 1.165) is 18.9 Å². The van der Waals surface area contributed by atoms with Crippen LogP contribution in [0.3, 0.4) is 0 Å². The third-order valence-electron chi connectivity index (χ3n) is 3.41.